The van der Waals surface area contributed by atoms with Crippen molar-refractivity contribution in [3.05, 3.63) is 0 Å². The van der Waals surface area contributed by atoms with Crippen LogP contribution in [0.25, 0.3) is 0 Å². The third kappa shape index (κ3) is 6.54. The Morgan fingerprint density at radius 2 is 0.688 bits per heavy atom. The topological polar surface area (TPSA) is 73.8 Å². The minimum Gasteiger partial charge on any atom is -0.411 e. The molecule has 0 unspecified atom stereocenters. The van der Waals surface area contributed by atoms with Gasteiger partial charge in [-0.1, -0.05) is 0 Å². The van der Waals surface area contributed by atoms with Crippen molar-refractivity contribution in [3.63, 3.8) is 0 Å². The molecule has 4 fully saturated rings. The second-order valence-corrected chi connectivity index (χ2v) is 10.9. The van der Waals surface area contributed by atoms with Gasteiger partial charge in [-0.3, -0.25) is 0 Å². The van der Waals surface area contributed by atoms with E-state index in [1.807, 2.05) is 0 Å². The first-order chi connectivity index (χ1) is 14.8. The van der Waals surface area contributed by atoms with Crippen LogP contribution < -0.4 is 0 Å². The van der Waals surface area contributed by atoms with Gasteiger partial charge in [0.2, 0.25) is 0 Å². The van der Waals surface area contributed by atoms with Crippen LogP contribution in [0, 0.1) is 0 Å². The molecule has 0 aliphatic carbocycles. The Morgan fingerprint density at radius 1 is 0.438 bits per heavy atom. The van der Waals surface area contributed by atoms with E-state index >= 15 is 0 Å². The molecule has 32 heavy (non-hydrogen) atoms. The summed E-state index contributed by atoms with van der Waals surface area (Å²) in [6.45, 7) is 19.6. The molecule has 0 atom stereocenters. The van der Waals surface area contributed by atoms with Gasteiger partial charge in [0.25, 0.3) is 0 Å². The molecule has 12 heteroatoms. The van der Waals surface area contributed by atoms with Crippen molar-refractivity contribution < 1.29 is 37.2 Å². The third-order valence-electron chi connectivity index (χ3n) is 7.17. The number of hydrogen-bond acceptors (Lipinski definition) is 8. The highest BCUT2D eigenvalue weighted by molar-refractivity contribution is 6.65. The maximum absolute atomic E-state index is 5.98. The van der Waals surface area contributed by atoms with Crippen LogP contribution in [0.2, 0.25) is 12.4 Å². The first kappa shape index (κ1) is 26.5. The molecule has 4 heterocycles. The van der Waals surface area contributed by atoms with Gasteiger partial charge in [0.05, 0.1) is 22.4 Å². The average Bonchev–Trinajstić information content (AvgIpc) is 3.01. The van der Waals surface area contributed by atoms with Crippen molar-refractivity contribution in [1.29, 1.82) is 0 Å². The summed E-state index contributed by atoms with van der Waals surface area (Å²) >= 11 is 0. The zero-order valence-corrected chi connectivity index (χ0v) is 21.2. The highest BCUT2D eigenvalue weighted by Gasteiger charge is 2.56. The molecule has 4 saturated heterocycles. The van der Waals surface area contributed by atoms with Gasteiger partial charge in [0, 0.05) is 38.9 Å². The summed E-state index contributed by atoms with van der Waals surface area (Å²) in [7, 11) is -0.812. The highest BCUT2D eigenvalue weighted by Crippen LogP contribution is 2.41. The monoisotopic (exact) mass is 452 g/mol. The summed E-state index contributed by atoms with van der Waals surface area (Å²) in [5.41, 5.74) is -1.22. The van der Waals surface area contributed by atoms with Crippen LogP contribution in [0.5, 0.6) is 0 Å². The van der Waals surface area contributed by atoms with Crippen LogP contribution in [0.4, 0.5) is 0 Å². The molecule has 180 valence electrons. The van der Waals surface area contributed by atoms with Gasteiger partial charge in [0.1, 0.15) is 0 Å². The predicted molar refractivity (Wildman–Crippen MR) is 126 cm³/mol. The molecule has 0 aromatic rings. The molecular formula is C20H40B4O8. The van der Waals surface area contributed by atoms with E-state index in [2.05, 4.69) is 55.4 Å². The van der Waals surface area contributed by atoms with Gasteiger partial charge >= 0.3 is 28.5 Å². The highest BCUT2D eigenvalue weighted by atomic mass is 16.7. The largest absolute Gasteiger partial charge is 0.455 e. The lowest BCUT2D eigenvalue weighted by Gasteiger charge is -2.32. The zero-order chi connectivity index (χ0) is 23.6. The molecule has 4 rings (SSSR count). The lowest BCUT2D eigenvalue weighted by Crippen LogP contribution is -2.41. The maximum atomic E-state index is 5.98. The van der Waals surface area contributed by atoms with Crippen LogP contribution >= 0.6 is 0 Å². The van der Waals surface area contributed by atoms with Crippen LogP contribution in [-0.4, -0.2) is 77.3 Å². The second kappa shape index (κ2) is 10.3. The summed E-state index contributed by atoms with van der Waals surface area (Å²) in [5.74, 6) is 0. The van der Waals surface area contributed by atoms with Crippen molar-refractivity contribution in [2.45, 2.75) is 103 Å². The van der Waals surface area contributed by atoms with Crippen LogP contribution in [0.15, 0.2) is 0 Å². The van der Waals surface area contributed by atoms with Crippen molar-refractivity contribution in [1.82, 2.24) is 0 Å². The van der Waals surface area contributed by atoms with Crippen LogP contribution in [-0.2, 0) is 37.2 Å². The van der Waals surface area contributed by atoms with Crippen molar-refractivity contribution >= 4 is 28.5 Å². The van der Waals surface area contributed by atoms with E-state index in [9.17, 15) is 0 Å². The fraction of sp³-hybridized carbons (Fsp3) is 1.00. The van der Waals surface area contributed by atoms with Crippen LogP contribution in [0.1, 0.15) is 68.2 Å². The zero-order valence-electron chi connectivity index (χ0n) is 21.2. The Bertz CT molecular complexity index is 524. The second-order valence-electron chi connectivity index (χ2n) is 10.9. The lowest BCUT2D eigenvalue weighted by molar-refractivity contribution is 0.00578. The lowest BCUT2D eigenvalue weighted by atomic mass is 9.63. The standard InChI is InChI=1S/C13H26B2O4.C7H14B2O4/c1-10(2)11(3,4)17-14(16-10)9-15-18-12(5,6)13(7,8)19-15;1-3-10-8(11-4-1)7-9-12-5-2-6-13-9/h9H2,1-8H3;1-7H2. The van der Waals surface area contributed by atoms with Crippen molar-refractivity contribution in [2.24, 2.45) is 0 Å². The van der Waals surface area contributed by atoms with Gasteiger partial charge in [-0.2, -0.15) is 0 Å². The van der Waals surface area contributed by atoms with Gasteiger partial charge in [0.15, 0.2) is 0 Å². The van der Waals surface area contributed by atoms with Crippen molar-refractivity contribution in [2.75, 3.05) is 26.4 Å². The molecule has 0 aromatic carbocycles. The van der Waals surface area contributed by atoms with Crippen LogP contribution in [0.3, 0.4) is 0 Å². The fourth-order valence-electron chi connectivity index (χ4n) is 3.78. The number of rotatable bonds is 4. The van der Waals surface area contributed by atoms with E-state index < -0.39 is 0 Å². The molecule has 0 bridgehead atoms. The van der Waals surface area contributed by atoms with E-state index in [0.717, 1.165) is 39.3 Å². The molecule has 0 radical (unpaired) electrons. The fourth-order valence-corrected chi connectivity index (χ4v) is 3.78. The first-order valence-electron chi connectivity index (χ1n) is 12.0. The van der Waals surface area contributed by atoms with E-state index in [-0.39, 0.29) is 50.9 Å². The smallest absolute Gasteiger partial charge is 0.411 e. The molecule has 4 aliphatic heterocycles. The Kier molecular flexibility index (Phi) is 8.53. The third-order valence-corrected chi connectivity index (χ3v) is 7.17. The SMILES string of the molecule is C1COB(CB2OCCCO2)OC1.CC1(C)OB(CB2OC(C)(C)C(C)(C)O2)OC1(C)C. The molecule has 4 aliphatic rings. The van der Waals surface area contributed by atoms with Gasteiger partial charge in [-0.25, -0.2) is 0 Å². The number of hydrogen-bond donors (Lipinski definition) is 0. The summed E-state index contributed by atoms with van der Waals surface area (Å²) in [5, 5.41) is 0. The Balaban J connectivity index is 0.000000193. The van der Waals surface area contributed by atoms with E-state index in [1.165, 1.54) is 0 Å². The summed E-state index contributed by atoms with van der Waals surface area (Å²) in [6, 6.07) is 0. The molecule has 0 aromatic heterocycles. The molecular weight excluding hydrogens is 411 g/mol. The minimum absolute atomic E-state index is 0.128. The molecule has 0 spiro atoms. The Hall–Kier alpha value is -0.0603. The Labute approximate surface area is 195 Å². The van der Waals surface area contributed by atoms with Crippen molar-refractivity contribution in [3.8, 4) is 0 Å². The van der Waals surface area contributed by atoms with E-state index in [4.69, 9.17) is 37.2 Å². The minimum atomic E-state index is -0.304. The molecule has 8 nitrogen and oxygen atoms in total. The first-order valence-corrected chi connectivity index (χ1v) is 12.0. The van der Waals surface area contributed by atoms with E-state index in [1.54, 1.807) is 0 Å². The Morgan fingerprint density at radius 3 is 0.969 bits per heavy atom. The molecule has 0 amide bonds. The predicted octanol–water partition coefficient (Wildman–Crippen LogP) is 3.09. The summed E-state index contributed by atoms with van der Waals surface area (Å²) < 4.78 is 45.5. The average molecular weight is 452 g/mol. The van der Waals surface area contributed by atoms with Gasteiger partial charge in [-0.05, 0) is 68.2 Å². The normalized spacial score (nSPS) is 28.5. The molecule has 0 saturated carbocycles. The molecule has 0 N–H and O–H groups in total. The summed E-state index contributed by atoms with van der Waals surface area (Å²) in [6.07, 6.45) is 3.27. The maximum Gasteiger partial charge on any atom is 0.455 e. The van der Waals surface area contributed by atoms with Gasteiger partial charge < -0.3 is 37.2 Å². The van der Waals surface area contributed by atoms with E-state index in [0.29, 0.717) is 12.4 Å². The summed E-state index contributed by atoms with van der Waals surface area (Å²) in [4.78, 5) is 0. The quantitative estimate of drug-likeness (QED) is 0.604. The van der Waals surface area contributed by atoms with Gasteiger partial charge in [-0.15, -0.1) is 0 Å².